The van der Waals surface area contributed by atoms with Crippen LogP contribution < -0.4 is 4.80 Å². The summed E-state index contributed by atoms with van der Waals surface area (Å²) in [5.41, 5.74) is 1.31. The van der Waals surface area contributed by atoms with E-state index in [2.05, 4.69) is 35.6 Å². The number of sulfone groups is 1. The topological polar surface area (TPSA) is 75.0 Å². The Bertz CT molecular complexity index is 1440. The fraction of sp³-hybridized carbons (Fsp3) is 0.462. The van der Waals surface area contributed by atoms with Crippen molar-refractivity contribution >= 4 is 49.5 Å². The van der Waals surface area contributed by atoms with Gasteiger partial charge in [-0.2, -0.15) is 0 Å². The van der Waals surface area contributed by atoms with Gasteiger partial charge in [0.15, 0.2) is 14.6 Å². The third-order valence-corrected chi connectivity index (χ3v) is 9.92. The molecule has 4 rings (SSSR count). The van der Waals surface area contributed by atoms with Crippen molar-refractivity contribution < 1.29 is 13.2 Å². The number of thiazole rings is 1. The highest BCUT2D eigenvalue weighted by atomic mass is 35.5. The lowest BCUT2D eigenvalue weighted by atomic mass is 9.92. The summed E-state index contributed by atoms with van der Waals surface area (Å²) in [4.78, 5) is 23.9. The molecule has 2 aromatic carbocycles. The summed E-state index contributed by atoms with van der Waals surface area (Å²) in [6.45, 7) is 2.13. The van der Waals surface area contributed by atoms with E-state index >= 15 is 0 Å². The second kappa shape index (κ2) is 11.0. The lowest BCUT2D eigenvalue weighted by Gasteiger charge is -2.33. The minimum atomic E-state index is -3.57. The maximum absolute atomic E-state index is 12.9. The Kier molecular flexibility index (Phi) is 8.24. The molecule has 1 fully saturated rings. The standard InChI is InChI=1S/C26H33ClN4O3S2/c1-28-26-30(4)25(23(35-26)17-29(2)3)18-9-12-31(13-10-18)24(32)11-14-36(33,34)22-8-6-19-15-21(27)7-5-20(19)16-22/h5-8,15-16,18H,9-14,17H2,1-4H3/b28-26-. The molecule has 0 bridgehead atoms. The van der Waals surface area contributed by atoms with Crippen molar-refractivity contribution in [3.63, 3.8) is 0 Å². The number of halogens is 1. The zero-order valence-electron chi connectivity index (χ0n) is 21.2. The molecule has 0 unspecified atom stereocenters. The molecule has 7 nitrogen and oxygen atoms in total. The van der Waals surface area contributed by atoms with Crippen molar-refractivity contribution in [3.05, 3.63) is 56.8 Å². The highest BCUT2D eigenvalue weighted by Crippen LogP contribution is 2.32. The Morgan fingerprint density at radius 2 is 1.81 bits per heavy atom. The number of likely N-dealkylation sites (tertiary alicyclic amines) is 1. The van der Waals surface area contributed by atoms with E-state index in [4.69, 9.17) is 11.6 Å². The number of carbonyl (C=O) groups is 1. The maximum Gasteiger partial charge on any atom is 0.223 e. The third kappa shape index (κ3) is 5.85. The molecule has 1 aromatic heterocycles. The Hall–Kier alpha value is -2.20. The molecule has 0 spiro atoms. The van der Waals surface area contributed by atoms with Crippen LogP contribution in [-0.2, 0) is 28.2 Å². The van der Waals surface area contributed by atoms with E-state index in [1.807, 2.05) is 11.9 Å². The molecule has 1 aliphatic rings. The number of rotatable bonds is 7. The number of aromatic nitrogens is 1. The summed E-state index contributed by atoms with van der Waals surface area (Å²) >= 11 is 7.75. The van der Waals surface area contributed by atoms with Crippen molar-refractivity contribution in [3.8, 4) is 0 Å². The number of carbonyl (C=O) groups excluding carboxylic acids is 1. The van der Waals surface area contributed by atoms with Gasteiger partial charge in [0.1, 0.15) is 0 Å². The molecule has 36 heavy (non-hydrogen) atoms. The van der Waals surface area contributed by atoms with Crippen molar-refractivity contribution in [2.75, 3.05) is 40.0 Å². The van der Waals surface area contributed by atoms with Crippen LogP contribution in [0.1, 0.15) is 35.8 Å². The zero-order valence-corrected chi connectivity index (χ0v) is 23.6. The number of hydrogen-bond acceptors (Lipinski definition) is 6. The van der Waals surface area contributed by atoms with Crippen molar-refractivity contribution in [1.82, 2.24) is 14.4 Å². The first-order chi connectivity index (χ1) is 17.1. The SMILES string of the molecule is C/N=c1\sc(CN(C)C)c(C2CCN(C(=O)CCS(=O)(=O)c3ccc4cc(Cl)ccc4c3)CC2)n1C. The van der Waals surface area contributed by atoms with Gasteiger partial charge in [0.25, 0.3) is 0 Å². The molecule has 0 atom stereocenters. The van der Waals surface area contributed by atoms with Crippen LogP contribution in [0.25, 0.3) is 10.8 Å². The summed E-state index contributed by atoms with van der Waals surface area (Å²) in [7, 11) is 4.44. The Balaban J connectivity index is 1.39. The third-order valence-electron chi connectivity index (χ3n) is 6.75. The van der Waals surface area contributed by atoms with E-state index in [-0.39, 0.29) is 23.0 Å². The van der Waals surface area contributed by atoms with Gasteiger partial charge in [0.05, 0.1) is 10.6 Å². The van der Waals surface area contributed by atoms with Gasteiger partial charge in [-0.25, -0.2) is 8.42 Å². The van der Waals surface area contributed by atoms with Crippen LogP contribution in [0.5, 0.6) is 0 Å². The van der Waals surface area contributed by atoms with E-state index in [1.165, 1.54) is 10.6 Å². The number of amides is 1. The Morgan fingerprint density at radius 3 is 2.47 bits per heavy atom. The fourth-order valence-corrected chi connectivity index (χ4v) is 7.63. The Labute approximate surface area is 221 Å². The van der Waals surface area contributed by atoms with Crippen LogP contribution in [0.15, 0.2) is 46.3 Å². The first-order valence-corrected chi connectivity index (χ1v) is 14.9. The molecule has 194 valence electrons. The second-order valence-electron chi connectivity index (χ2n) is 9.59. The van der Waals surface area contributed by atoms with E-state index in [1.54, 1.807) is 47.7 Å². The second-order valence-corrected chi connectivity index (χ2v) is 13.2. The van der Waals surface area contributed by atoms with Gasteiger partial charge in [-0.05, 0) is 62.0 Å². The van der Waals surface area contributed by atoms with Crippen LogP contribution in [0, 0.1) is 0 Å². The van der Waals surface area contributed by atoms with Gasteiger partial charge in [-0.3, -0.25) is 9.79 Å². The van der Waals surface area contributed by atoms with E-state index in [0.29, 0.717) is 24.0 Å². The average molecular weight is 549 g/mol. The van der Waals surface area contributed by atoms with Crippen LogP contribution in [-0.4, -0.2) is 68.7 Å². The molecule has 1 saturated heterocycles. The molecule has 2 heterocycles. The predicted octanol–water partition coefficient (Wildman–Crippen LogP) is 4.06. The predicted molar refractivity (Wildman–Crippen MR) is 146 cm³/mol. The average Bonchev–Trinajstić information content (AvgIpc) is 3.16. The molecule has 1 aliphatic heterocycles. The highest BCUT2D eigenvalue weighted by Gasteiger charge is 2.29. The van der Waals surface area contributed by atoms with E-state index < -0.39 is 9.84 Å². The van der Waals surface area contributed by atoms with E-state index in [9.17, 15) is 13.2 Å². The summed E-state index contributed by atoms with van der Waals surface area (Å²) in [5, 5.41) is 2.30. The molecule has 0 saturated carbocycles. The van der Waals surface area contributed by atoms with E-state index in [0.717, 1.165) is 35.0 Å². The van der Waals surface area contributed by atoms with Gasteiger partial charge >= 0.3 is 0 Å². The summed E-state index contributed by atoms with van der Waals surface area (Å²) < 4.78 is 28.1. The first kappa shape index (κ1) is 26.9. The van der Waals surface area contributed by atoms with Crippen LogP contribution >= 0.6 is 22.9 Å². The summed E-state index contributed by atoms with van der Waals surface area (Å²) in [6, 6.07) is 10.4. The van der Waals surface area contributed by atoms with Crippen LogP contribution in [0.4, 0.5) is 0 Å². The van der Waals surface area contributed by atoms with Gasteiger partial charge in [0, 0.05) is 61.7 Å². The smallest absolute Gasteiger partial charge is 0.223 e. The molecule has 1 amide bonds. The normalized spacial score (nSPS) is 15.8. The number of hydrogen-bond donors (Lipinski definition) is 0. The lowest BCUT2D eigenvalue weighted by Crippen LogP contribution is -2.39. The quantitative estimate of drug-likeness (QED) is 0.446. The monoisotopic (exact) mass is 548 g/mol. The number of benzene rings is 2. The van der Waals surface area contributed by atoms with Crippen molar-refractivity contribution in [2.45, 2.75) is 36.6 Å². The summed E-state index contributed by atoms with van der Waals surface area (Å²) in [5.74, 6) is 0.0613. The molecular weight excluding hydrogens is 516 g/mol. The highest BCUT2D eigenvalue weighted by molar-refractivity contribution is 7.91. The molecule has 0 N–H and O–H groups in total. The minimum Gasteiger partial charge on any atom is -0.343 e. The number of piperidine rings is 1. The first-order valence-electron chi connectivity index (χ1n) is 12.0. The molecular formula is C26H33ClN4O3S2. The van der Waals surface area contributed by atoms with Gasteiger partial charge in [-0.15, -0.1) is 11.3 Å². The van der Waals surface area contributed by atoms with Gasteiger partial charge in [0.2, 0.25) is 5.91 Å². The fourth-order valence-electron chi connectivity index (χ4n) is 4.91. The Morgan fingerprint density at radius 1 is 1.14 bits per heavy atom. The van der Waals surface area contributed by atoms with Crippen LogP contribution in [0.3, 0.4) is 0 Å². The van der Waals surface area contributed by atoms with Crippen LogP contribution in [0.2, 0.25) is 5.02 Å². The maximum atomic E-state index is 12.9. The zero-order chi connectivity index (χ0) is 26.0. The van der Waals surface area contributed by atoms with Crippen molar-refractivity contribution in [2.24, 2.45) is 12.0 Å². The lowest BCUT2D eigenvalue weighted by molar-refractivity contribution is -0.131. The molecule has 10 heteroatoms. The van der Waals surface area contributed by atoms with Crippen molar-refractivity contribution in [1.29, 1.82) is 0 Å². The minimum absolute atomic E-state index is 0.0113. The number of nitrogens with zero attached hydrogens (tertiary/aromatic N) is 4. The van der Waals surface area contributed by atoms with Gasteiger partial charge in [-0.1, -0.05) is 23.7 Å². The number of fused-ring (bicyclic) bond motifs is 1. The summed E-state index contributed by atoms with van der Waals surface area (Å²) in [6.07, 6.45) is 1.71. The molecule has 0 aliphatic carbocycles. The molecule has 0 radical (unpaired) electrons. The largest absolute Gasteiger partial charge is 0.343 e. The van der Waals surface area contributed by atoms with Gasteiger partial charge < -0.3 is 14.4 Å². The molecule has 3 aromatic rings.